The van der Waals surface area contributed by atoms with Crippen molar-refractivity contribution in [2.45, 2.75) is 31.3 Å². The van der Waals surface area contributed by atoms with Gasteiger partial charge in [-0.3, -0.25) is 0 Å². The molecule has 0 bridgehead atoms. The van der Waals surface area contributed by atoms with Gasteiger partial charge < -0.3 is 10.2 Å². The molecule has 2 fully saturated rings. The maximum atomic E-state index is 6.22. The summed E-state index contributed by atoms with van der Waals surface area (Å²) in [6, 6.07) is 5.11. The van der Waals surface area contributed by atoms with Crippen LogP contribution in [0.15, 0.2) is 18.3 Å². The van der Waals surface area contributed by atoms with Crippen LogP contribution in [-0.2, 0) is 0 Å². The Bertz CT molecular complexity index is 423. The van der Waals surface area contributed by atoms with Crippen molar-refractivity contribution in [3.8, 4) is 0 Å². The summed E-state index contributed by atoms with van der Waals surface area (Å²) in [5.74, 6) is 3.55. The van der Waals surface area contributed by atoms with E-state index in [9.17, 15) is 0 Å². The summed E-state index contributed by atoms with van der Waals surface area (Å²) < 4.78 is 0. The molecule has 1 unspecified atom stereocenters. The van der Waals surface area contributed by atoms with Crippen molar-refractivity contribution in [3.63, 3.8) is 0 Å². The summed E-state index contributed by atoms with van der Waals surface area (Å²) in [4.78, 5) is 6.71. The number of nitrogens with one attached hydrogen (secondary N) is 1. The van der Waals surface area contributed by atoms with E-state index in [1.54, 1.807) is 0 Å². The molecule has 0 saturated carbocycles. The number of thioether (sulfide) groups is 1. The summed E-state index contributed by atoms with van der Waals surface area (Å²) in [7, 11) is 0. The van der Waals surface area contributed by atoms with Crippen molar-refractivity contribution in [2.75, 3.05) is 29.5 Å². The zero-order chi connectivity index (χ0) is 13.1. The molecule has 0 aliphatic carbocycles. The molecule has 0 aromatic carbocycles. The fourth-order valence-electron chi connectivity index (χ4n) is 2.90. The number of nitrogens with zero attached hydrogens (tertiary/aromatic N) is 2. The Labute approximate surface area is 124 Å². The minimum atomic E-state index is 0.589. The lowest BCUT2D eigenvalue weighted by atomic mass is 10.1. The molecule has 1 N–H and O–H groups in total. The van der Waals surface area contributed by atoms with Crippen LogP contribution in [0.1, 0.15) is 19.3 Å². The molecule has 3 rings (SSSR count). The molecule has 0 radical (unpaired) electrons. The second kappa shape index (κ2) is 6.33. The van der Waals surface area contributed by atoms with Gasteiger partial charge in [0.1, 0.15) is 5.82 Å². The highest BCUT2D eigenvalue weighted by atomic mass is 35.5. The fraction of sp³-hybridized carbons (Fsp3) is 0.643. The van der Waals surface area contributed by atoms with E-state index in [1.807, 2.05) is 18.3 Å². The van der Waals surface area contributed by atoms with E-state index < -0.39 is 0 Å². The third-order valence-corrected chi connectivity index (χ3v) is 5.26. The number of halogens is 1. The van der Waals surface area contributed by atoms with Crippen LogP contribution in [0.4, 0.5) is 5.82 Å². The Balaban J connectivity index is 1.56. The third-order valence-electron chi connectivity index (χ3n) is 3.92. The van der Waals surface area contributed by atoms with Crippen LogP contribution < -0.4 is 10.2 Å². The Morgan fingerprint density at radius 1 is 1.26 bits per heavy atom. The SMILES string of the molecule is Clc1cccnc1N1CCC(NC2CCSCC2)C1. The van der Waals surface area contributed by atoms with Gasteiger partial charge >= 0.3 is 0 Å². The highest BCUT2D eigenvalue weighted by Gasteiger charge is 2.27. The van der Waals surface area contributed by atoms with Gasteiger partial charge in [0.25, 0.3) is 0 Å². The quantitative estimate of drug-likeness (QED) is 0.929. The molecule has 2 aliphatic rings. The van der Waals surface area contributed by atoms with Crippen molar-refractivity contribution in [2.24, 2.45) is 0 Å². The summed E-state index contributed by atoms with van der Waals surface area (Å²) >= 11 is 8.29. The van der Waals surface area contributed by atoms with Crippen molar-refractivity contribution in [3.05, 3.63) is 23.4 Å². The molecule has 19 heavy (non-hydrogen) atoms. The Hall–Kier alpha value is -0.450. The van der Waals surface area contributed by atoms with Gasteiger partial charge in [0.05, 0.1) is 5.02 Å². The van der Waals surface area contributed by atoms with Gasteiger partial charge in [-0.1, -0.05) is 11.6 Å². The summed E-state index contributed by atoms with van der Waals surface area (Å²) in [6.07, 6.45) is 5.63. The first-order valence-electron chi connectivity index (χ1n) is 7.02. The lowest BCUT2D eigenvalue weighted by Crippen LogP contribution is -2.42. The molecule has 5 heteroatoms. The van der Waals surface area contributed by atoms with Crippen LogP contribution >= 0.6 is 23.4 Å². The second-order valence-corrected chi connectivity index (χ2v) is 6.93. The molecular weight excluding hydrogens is 278 g/mol. The molecule has 1 atom stereocenters. The summed E-state index contributed by atoms with van der Waals surface area (Å²) in [5.41, 5.74) is 0. The molecule has 3 heterocycles. The van der Waals surface area contributed by atoms with E-state index in [0.29, 0.717) is 12.1 Å². The van der Waals surface area contributed by atoms with E-state index in [0.717, 1.165) is 23.9 Å². The predicted molar refractivity (Wildman–Crippen MR) is 83.3 cm³/mol. The van der Waals surface area contributed by atoms with E-state index in [1.165, 1.54) is 30.8 Å². The van der Waals surface area contributed by atoms with Gasteiger partial charge in [-0.15, -0.1) is 0 Å². The highest BCUT2D eigenvalue weighted by molar-refractivity contribution is 7.99. The topological polar surface area (TPSA) is 28.2 Å². The number of hydrogen-bond donors (Lipinski definition) is 1. The smallest absolute Gasteiger partial charge is 0.147 e. The first kappa shape index (κ1) is 13.5. The standard InChI is InChI=1S/C14H20ClN3S/c15-13-2-1-6-16-14(13)18-7-3-12(10-18)17-11-4-8-19-9-5-11/h1-2,6,11-12,17H,3-5,7-10H2. The van der Waals surface area contributed by atoms with Crippen molar-refractivity contribution < 1.29 is 0 Å². The molecule has 2 saturated heterocycles. The van der Waals surface area contributed by atoms with E-state index in [-0.39, 0.29) is 0 Å². The molecular formula is C14H20ClN3S. The normalized spacial score (nSPS) is 24.9. The Kier molecular flexibility index (Phi) is 4.51. The first-order chi connectivity index (χ1) is 9.33. The van der Waals surface area contributed by atoms with E-state index in [4.69, 9.17) is 11.6 Å². The average Bonchev–Trinajstić information content (AvgIpc) is 2.89. The maximum absolute atomic E-state index is 6.22. The lowest BCUT2D eigenvalue weighted by Gasteiger charge is -2.26. The largest absolute Gasteiger partial charge is 0.354 e. The average molecular weight is 298 g/mol. The predicted octanol–water partition coefficient (Wildman–Crippen LogP) is 2.80. The number of hydrogen-bond acceptors (Lipinski definition) is 4. The molecule has 0 spiro atoms. The first-order valence-corrected chi connectivity index (χ1v) is 8.55. The zero-order valence-electron chi connectivity index (χ0n) is 11.0. The van der Waals surface area contributed by atoms with Gasteiger partial charge in [-0.2, -0.15) is 11.8 Å². The molecule has 3 nitrogen and oxygen atoms in total. The Morgan fingerprint density at radius 3 is 2.89 bits per heavy atom. The van der Waals surface area contributed by atoms with Crippen LogP contribution in [0, 0.1) is 0 Å². The van der Waals surface area contributed by atoms with Gasteiger partial charge in [0, 0.05) is 31.4 Å². The van der Waals surface area contributed by atoms with Crippen molar-refractivity contribution in [1.29, 1.82) is 0 Å². The van der Waals surface area contributed by atoms with Gasteiger partial charge in [-0.25, -0.2) is 4.98 Å². The van der Waals surface area contributed by atoms with Crippen LogP contribution in [0.2, 0.25) is 5.02 Å². The monoisotopic (exact) mass is 297 g/mol. The van der Waals surface area contributed by atoms with E-state index >= 15 is 0 Å². The molecule has 0 amide bonds. The van der Waals surface area contributed by atoms with Gasteiger partial charge in [-0.05, 0) is 42.9 Å². The molecule has 104 valence electrons. The summed E-state index contributed by atoms with van der Waals surface area (Å²) in [5, 5.41) is 4.57. The minimum absolute atomic E-state index is 0.589. The molecule has 1 aromatic heterocycles. The number of rotatable bonds is 3. The van der Waals surface area contributed by atoms with Gasteiger partial charge in [0.2, 0.25) is 0 Å². The van der Waals surface area contributed by atoms with Crippen LogP contribution in [0.3, 0.4) is 0 Å². The second-order valence-electron chi connectivity index (χ2n) is 5.29. The third kappa shape index (κ3) is 3.36. The van der Waals surface area contributed by atoms with E-state index in [2.05, 4.69) is 27.0 Å². The fourth-order valence-corrected chi connectivity index (χ4v) is 4.24. The number of pyridine rings is 1. The molecule has 2 aliphatic heterocycles. The lowest BCUT2D eigenvalue weighted by molar-refractivity contribution is 0.424. The molecule has 1 aromatic rings. The minimum Gasteiger partial charge on any atom is -0.354 e. The van der Waals surface area contributed by atoms with Crippen LogP contribution in [0.25, 0.3) is 0 Å². The number of aromatic nitrogens is 1. The van der Waals surface area contributed by atoms with Crippen molar-refractivity contribution in [1.82, 2.24) is 10.3 Å². The van der Waals surface area contributed by atoms with Gasteiger partial charge in [0.15, 0.2) is 0 Å². The Morgan fingerprint density at radius 2 is 2.11 bits per heavy atom. The summed E-state index contributed by atoms with van der Waals surface area (Å²) in [6.45, 7) is 2.08. The number of anilines is 1. The zero-order valence-corrected chi connectivity index (χ0v) is 12.6. The van der Waals surface area contributed by atoms with Crippen LogP contribution in [-0.4, -0.2) is 41.7 Å². The van der Waals surface area contributed by atoms with Crippen molar-refractivity contribution >= 4 is 29.2 Å². The maximum Gasteiger partial charge on any atom is 0.147 e. The highest BCUT2D eigenvalue weighted by Crippen LogP contribution is 2.26. The van der Waals surface area contributed by atoms with Crippen LogP contribution in [0.5, 0.6) is 0 Å².